The van der Waals surface area contributed by atoms with Crippen molar-refractivity contribution in [3.05, 3.63) is 23.8 Å². The summed E-state index contributed by atoms with van der Waals surface area (Å²) in [5.74, 6) is 0. The number of nitrogen functional groups attached to an aromatic ring is 1. The number of nitrogens with two attached hydrogens (primary N) is 1. The molecule has 0 bridgehead atoms. The van der Waals surface area contributed by atoms with Gasteiger partial charge in [-0.1, -0.05) is 12.1 Å². The van der Waals surface area contributed by atoms with E-state index in [9.17, 15) is 8.42 Å². The highest BCUT2D eigenvalue weighted by atomic mass is 32.2. The van der Waals surface area contributed by atoms with Crippen molar-refractivity contribution in [1.29, 1.82) is 0 Å². The van der Waals surface area contributed by atoms with Crippen LogP contribution in [0.3, 0.4) is 0 Å². The maximum atomic E-state index is 12.1. The van der Waals surface area contributed by atoms with Crippen molar-refractivity contribution in [1.82, 2.24) is 4.72 Å². The predicted molar refractivity (Wildman–Crippen MR) is 71.7 cm³/mol. The Morgan fingerprint density at radius 1 is 1.28 bits per heavy atom. The summed E-state index contributed by atoms with van der Waals surface area (Å²) in [6, 6.07) is 5.02. The Labute approximate surface area is 108 Å². The van der Waals surface area contributed by atoms with Gasteiger partial charge in [-0.05, 0) is 37.8 Å². The van der Waals surface area contributed by atoms with Gasteiger partial charge < -0.3 is 10.8 Å². The number of benzene rings is 1. The molecule has 5 nitrogen and oxygen atoms in total. The van der Waals surface area contributed by atoms with E-state index in [2.05, 4.69) is 4.72 Å². The molecule has 6 heteroatoms. The maximum absolute atomic E-state index is 12.1. The van der Waals surface area contributed by atoms with Crippen molar-refractivity contribution in [2.75, 3.05) is 18.9 Å². The van der Waals surface area contributed by atoms with Gasteiger partial charge in [-0.3, -0.25) is 0 Å². The first kappa shape index (κ1) is 14.9. The average Bonchev–Trinajstić information content (AvgIpc) is 2.28. The number of sulfonamides is 1. The largest absolute Gasteiger partial charge is 0.398 e. The Morgan fingerprint density at radius 3 is 2.61 bits per heavy atom. The fraction of sp³-hybridized carbons (Fsp3) is 0.500. The van der Waals surface area contributed by atoms with E-state index in [0.717, 1.165) is 6.42 Å². The van der Waals surface area contributed by atoms with Crippen LogP contribution in [0.1, 0.15) is 24.8 Å². The monoisotopic (exact) mass is 272 g/mol. The van der Waals surface area contributed by atoms with Crippen molar-refractivity contribution in [2.24, 2.45) is 0 Å². The van der Waals surface area contributed by atoms with Crippen LogP contribution < -0.4 is 10.5 Å². The molecule has 0 spiro atoms. The summed E-state index contributed by atoms with van der Waals surface area (Å²) in [4.78, 5) is 0.159. The Kier molecular flexibility index (Phi) is 5.58. The van der Waals surface area contributed by atoms with Gasteiger partial charge in [-0.15, -0.1) is 0 Å². The van der Waals surface area contributed by atoms with Crippen molar-refractivity contribution in [2.45, 2.75) is 31.1 Å². The lowest BCUT2D eigenvalue weighted by atomic mass is 10.2. The molecule has 0 unspecified atom stereocenters. The Balaban J connectivity index is 2.69. The lowest BCUT2D eigenvalue weighted by Crippen LogP contribution is -2.26. The first-order valence-corrected chi connectivity index (χ1v) is 7.43. The third kappa shape index (κ3) is 3.97. The van der Waals surface area contributed by atoms with Crippen molar-refractivity contribution < 1.29 is 13.5 Å². The normalized spacial score (nSPS) is 11.7. The number of rotatable bonds is 7. The molecule has 0 aliphatic carbocycles. The molecule has 0 aliphatic heterocycles. The molecule has 0 amide bonds. The van der Waals surface area contributed by atoms with Crippen LogP contribution in [0.25, 0.3) is 0 Å². The minimum absolute atomic E-state index is 0.136. The van der Waals surface area contributed by atoms with E-state index in [1.807, 2.05) is 0 Å². The standard InChI is InChI=1S/C12H20N2O3S/c1-10-6-5-7-11(13)12(10)18(16,17)14-8-3-2-4-9-15/h5-7,14-15H,2-4,8-9,13H2,1H3. The first-order chi connectivity index (χ1) is 8.49. The quantitative estimate of drug-likeness (QED) is 0.510. The molecule has 0 aromatic heterocycles. The average molecular weight is 272 g/mol. The molecule has 0 saturated heterocycles. The number of anilines is 1. The summed E-state index contributed by atoms with van der Waals surface area (Å²) in [7, 11) is -3.55. The van der Waals surface area contributed by atoms with Gasteiger partial charge in [0.15, 0.2) is 0 Å². The van der Waals surface area contributed by atoms with Gasteiger partial charge in [-0.25, -0.2) is 13.1 Å². The number of nitrogens with one attached hydrogen (secondary N) is 1. The zero-order valence-electron chi connectivity index (χ0n) is 10.5. The SMILES string of the molecule is Cc1cccc(N)c1S(=O)(=O)NCCCCCO. The molecule has 0 fully saturated rings. The van der Waals surface area contributed by atoms with Crippen molar-refractivity contribution in [3.63, 3.8) is 0 Å². The summed E-state index contributed by atoms with van der Waals surface area (Å²) in [5, 5.41) is 8.62. The van der Waals surface area contributed by atoms with Crippen LogP contribution in [0.4, 0.5) is 5.69 Å². The Hall–Kier alpha value is -1.11. The number of hydrogen-bond donors (Lipinski definition) is 3. The van der Waals surface area contributed by atoms with E-state index in [1.165, 1.54) is 0 Å². The van der Waals surface area contributed by atoms with Gasteiger partial charge in [0.05, 0.1) is 5.69 Å². The maximum Gasteiger partial charge on any atom is 0.242 e. The molecule has 0 aliphatic rings. The van der Waals surface area contributed by atoms with Gasteiger partial charge in [0.1, 0.15) is 4.90 Å². The van der Waals surface area contributed by atoms with Crippen LogP contribution in [0.2, 0.25) is 0 Å². The fourth-order valence-electron chi connectivity index (χ4n) is 1.73. The molecule has 0 saturated carbocycles. The molecular formula is C12H20N2O3S. The zero-order valence-corrected chi connectivity index (χ0v) is 11.3. The van der Waals surface area contributed by atoms with E-state index < -0.39 is 10.0 Å². The van der Waals surface area contributed by atoms with Gasteiger partial charge in [0.25, 0.3) is 0 Å². The van der Waals surface area contributed by atoms with Gasteiger partial charge in [0.2, 0.25) is 10.0 Å². The number of aryl methyl sites for hydroxylation is 1. The van der Waals surface area contributed by atoms with Crippen LogP contribution in [0.15, 0.2) is 23.1 Å². The molecule has 0 heterocycles. The van der Waals surface area contributed by atoms with E-state index in [-0.39, 0.29) is 17.2 Å². The van der Waals surface area contributed by atoms with Crippen LogP contribution >= 0.6 is 0 Å². The van der Waals surface area contributed by atoms with Gasteiger partial charge in [-0.2, -0.15) is 0 Å². The molecule has 0 radical (unpaired) electrons. The lowest BCUT2D eigenvalue weighted by molar-refractivity contribution is 0.283. The number of aliphatic hydroxyl groups is 1. The van der Waals surface area contributed by atoms with Crippen LogP contribution in [-0.2, 0) is 10.0 Å². The molecule has 1 rings (SSSR count). The van der Waals surface area contributed by atoms with Crippen molar-refractivity contribution in [3.8, 4) is 0 Å². The van der Waals surface area contributed by atoms with Gasteiger partial charge >= 0.3 is 0 Å². The molecule has 18 heavy (non-hydrogen) atoms. The third-order valence-electron chi connectivity index (χ3n) is 2.64. The molecule has 102 valence electrons. The highest BCUT2D eigenvalue weighted by molar-refractivity contribution is 7.89. The summed E-state index contributed by atoms with van der Waals surface area (Å²) >= 11 is 0. The summed E-state index contributed by atoms with van der Waals surface area (Å²) in [5.41, 5.74) is 6.61. The summed E-state index contributed by atoms with van der Waals surface area (Å²) < 4.78 is 26.7. The summed E-state index contributed by atoms with van der Waals surface area (Å²) in [6.07, 6.45) is 2.18. The van der Waals surface area contributed by atoms with Crippen LogP contribution in [0, 0.1) is 6.92 Å². The fourth-order valence-corrected chi connectivity index (χ4v) is 3.16. The first-order valence-electron chi connectivity index (χ1n) is 5.94. The molecule has 0 atom stereocenters. The summed E-state index contributed by atoms with van der Waals surface area (Å²) in [6.45, 7) is 2.21. The van der Waals surface area contributed by atoms with E-state index in [4.69, 9.17) is 10.8 Å². The lowest BCUT2D eigenvalue weighted by Gasteiger charge is -2.11. The van der Waals surface area contributed by atoms with Gasteiger partial charge in [0, 0.05) is 13.2 Å². The van der Waals surface area contributed by atoms with E-state index in [1.54, 1.807) is 25.1 Å². The molecule has 4 N–H and O–H groups in total. The second-order valence-electron chi connectivity index (χ2n) is 4.18. The topological polar surface area (TPSA) is 92.4 Å². The number of hydrogen-bond acceptors (Lipinski definition) is 4. The number of aliphatic hydroxyl groups excluding tert-OH is 1. The second-order valence-corrected chi connectivity index (χ2v) is 5.88. The highest BCUT2D eigenvalue weighted by Crippen LogP contribution is 2.21. The second kappa shape index (κ2) is 6.72. The Bertz CT molecular complexity index is 466. The molecule has 1 aromatic carbocycles. The Morgan fingerprint density at radius 2 is 2.00 bits per heavy atom. The highest BCUT2D eigenvalue weighted by Gasteiger charge is 2.18. The minimum Gasteiger partial charge on any atom is -0.398 e. The van der Waals surface area contributed by atoms with E-state index >= 15 is 0 Å². The van der Waals surface area contributed by atoms with Crippen LogP contribution in [-0.4, -0.2) is 26.7 Å². The van der Waals surface area contributed by atoms with E-state index in [0.29, 0.717) is 24.9 Å². The molecular weight excluding hydrogens is 252 g/mol. The third-order valence-corrected chi connectivity index (χ3v) is 4.32. The minimum atomic E-state index is -3.55. The molecule has 1 aromatic rings. The number of unbranched alkanes of at least 4 members (excludes halogenated alkanes) is 2. The zero-order chi connectivity index (χ0) is 13.6. The smallest absolute Gasteiger partial charge is 0.242 e. The van der Waals surface area contributed by atoms with Crippen LogP contribution in [0.5, 0.6) is 0 Å². The van der Waals surface area contributed by atoms with Crippen molar-refractivity contribution >= 4 is 15.7 Å². The predicted octanol–water partition coefficient (Wildman–Crippen LogP) is 1.02.